The molecule has 3 aromatic heterocycles. The van der Waals surface area contributed by atoms with E-state index in [0.717, 1.165) is 24.4 Å². The lowest BCUT2D eigenvalue weighted by Gasteiger charge is -2.26. The standard InChI is InChI=1S/C15H16N6/c1-2-12(10-20-9-7-16-11-20)21(8-1)14-4-3-13-15(19-14)18-6-5-17-13/h3-7,9,11-12H,1-2,8,10H2. The molecule has 3 aromatic rings. The van der Waals surface area contributed by atoms with Crippen molar-refractivity contribution in [3.05, 3.63) is 43.2 Å². The van der Waals surface area contributed by atoms with Gasteiger partial charge in [0, 0.05) is 43.9 Å². The first-order valence-corrected chi connectivity index (χ1v) is 7.20. The predicted octanol–water partition coefficient (Wildman–Crippen LogP) is 1.89. The summed E-state index contributed by atoms with van der Waals surface area (Å²) >= 11 is 0. The molecule has 0 radical (unpaired) electrons. The molecular weight excluding hydrogens is 264 g/mol. The van der Waals surface area contributed by atoms with E-state index in [4.69, 9.17) is 0 Å². The molecule has 0 aromatic carbocycles. The maximum absolute atomic E-state index is 4.66. The summed E-state index contributed by atoms with van der Waals surface area (Å²) in [5.74, 6) is 0.991. The monoisotopic (exact) mass is 280 g/mol. The van der Waals surface area contributed by atoms with Gasteiger partial charge >= 0.3 is 0 Å². The van der Waals surface area contributed by atoms with Crippen molar-refractivity contribution >= 4 is 17.0 Å². The Morgan fingerprint density at radius 1 is 1.14 bits per heavy atom. The van der Waals surface area contributed by atoms with Gasteiger partial charge in [-0.25, -0.2) is 15.0 Å². The van der Waals surface area contributed by atoms with Gasteiger partial charge in [-0.3, -0.25) is 4.98 Å². The predicted molar refractivity (Wildman–Crippen MR) is 79.9 cm³/mol. The summed E-state index contributed by atoms with van der Waals surface area (Å²) in [6.07, 6.45) is 11.5. The summed E-state index contributed by atoms with van der Waals surface area (Å²) < 4.78 is 2.13. The fourth-order valence-electron chi connectivity index (χ4n) is 2.97. The van der Waals surface area contributed by atoms with Crippen LogP contribution in [0.2, 0.25) is 0 Å². The van der Waals surface area contributed by atoms with Gasteiger partial charge in [0.25, 0.3) is 0 Å². The molecule has 106 valence electrons. The van der Waals surface area contributed by atoms with Crippen molar-refractivity contribution in [2.75, 3.05) is 11.4 Å². The third-order valence-corrected chi connectivity index (χ3v) is 3.97. The van der Waals surface area contributed by atoms with Gasteiger partial charge in [-0.15, -0.1) is 0 Å². The molecule has 21 heavy (non-hydrogen) atoms. The highest BCUT2D eigenvalue weighted by molar-refractivity contribution is 5.71. The Bertz CT molecular complexity index is 739. The molecule has 4 rings (SSSR count). The molecule has 1 saturated heterocycles. The zero-order chi connectivity index (χ0) is 14.1. The lowest BCUT2D eigenvalue weighted by molar-refractivity contribution is 0.547. The smallest absolute Gasteiger partial charge is 0.180 e. The Hall–Kier alpha value is -2.50. The summed E-state index contributed by atoms with van der Waals surface area (Å²) in [5.41, 5.74) is 1.55. The van der Waals surface area contributed by atoms with Gasteiger partial charge in [0.15, 0.2) is 5.65 Å². The molecule has 0 bridgehead atoms. The minimum atomic E-state index is 0.459. The maximum Gasteiger partial charge on any atom is 0.180 e. The molecule has 0 amide bonds. The van der Waals surface area contributed by atoms with E-state index in [-0.39, 0.29) is 0 Å². The first kappa shape index (κ1) is 12.3. The average Bonchev–Trinajstić information content (AvgIpc) is 3.19. The summed E-state index contributed by atoms with van der Waals surface area (Å²) in [5, 5.41) is 0. The van der Waals surface area contributed by atoms with E-state index in [9.17, 15) is 0 Å². The topological polar surface area (TPSA) is 59.7 Å². The molecular formula is C15H16N6. The van der Waals surface area contributed by atoms with Gasteiger partial charge < -0.3 is 9.47 Å². The molecule has 1 fully saturated rings. The van der Waals surface area contributed by atoms with Crippen LogP contribution in [-0.2, 0) is 6.54 Å². The second-order valence-corrected chi connectivity index (χ2v) is 5.32. The minimum absolute atomic E-state index is 0.459. The summed E-state index contributed by atoms with van der Waals surface area (Å²) in [6, 6.07) is 4.50. The van der Waals surface area contributed by atoms with E-state index in [2.05, 4.69) is 29.4 Å². The molecule has 1 unspecified atom stereocenters. The summed E-state index contributed by atoms with van der Waals surface area (Å²) in [6.45, 7) is 1.98. The van der Waals surface area contributed by atoms with E-state index in [0.29, 0.717) is 11.7 Å². The number of fused-ring (bicyclic) bond motifs is 1. The van der Waals surface area contributed by atoms with Crippen LogP contribution < -0.4 is 4.90 Å². The minimum Gasteiger partial charge on any atom is -0.352 e. The number of aromatic nitrogens is 5. The zero-order valence-corrected chi connectivity index (χ0v) is 11.6. The molecule has 1 atom stereocenters. The van der Waals surface area contributed by atoms with Crippen molar-refractivity contribution in [1.82, 2.24) is 24.5 Å². The number of nitrogens with zero attached hydrogens (tertiary/aromatic N) is 6. The Morgan fingerprint density at radius 2 is 2.10 bits per heavy atom. The third-order valence-electron chi connectivity index (χ3n) is 3.97. The number of pyridine rings is 1. The van der Waals surface area contributed by atoms with Crippen molar-refractivity contribution in [1.29, 1.82) is 0 Å². The summed E-state index contributed by atoms with van der Waals surface area (Å²) in [7, 11) is 0. The SMILES string of the molecule is c1cn(CC2CCCN2c2ccc3nccnc3n2)cn1. The Labute approximate surface area is 122 Å². The molecule has 0 saturated carbocycles. The molecule has 1 aliphatic heterocycles. The third kappa shape index (κ3) is 2.33. The first-order valence-electron chi connectivity index (χ1n) is 7.20. The van der Waals surface area contributed by atoms with E-state index in [1.54, 1.807) is 12.4 Å². The van der Waals surface area contributed by atoms with Crippen molar-refractivity contribution in [2.45, 2.75) is 25.4 Å². The lowest BCUT2D eigenvalue weighted by atomic mass is 10.2. The van der Waals surface area contributed by atoms with Crippen LogP contribution in [0.1, 0.15) is 12.8 Å². The molecule has 4 heterocycles. The zero-order valence-electron chi connectivity index (χ0n) is 11.6. The largest absolute Gasteiger partial charge is 0.352 e. The van der Waals surface area contributed by atoms with E-state index in [1.165, 1.54) is 12.8 Å². The van der Waals surface area contributed by atoms with Crippen LogP contribution in [0.4, 0.5) is 5.82 Å². The van der Waals surface area contributed by atoms with Crippen LogP contribution >= 0.6 is 0 Å². The van der Waals surface area contributed by atoms with Gasteiger partial charge in [-0.05, 0) is 25.0 Å². The molecule has 0 aliphatic carbocycles. The van der Waals surface area contributed by atoms with Gasteiger partial charge in [0.2, 0.25) is 0 Å². The fourth-order valence-corrected chi connectivity index (χ4v) is 2.97. The van der Waals surface area contributed by atoms with Crippen molar-refractivity contribution in [3.63, 3.8) is 0 Å². The van der Waals surface area contributed by atoms with E-state index < -0.39 is 0 Å². The van der Waals surface area contributed by atoms with Crippen LogP contribution in [0.3, 0.4) is 0 Å². The van der Waals surface area contributed by atoms with Crippen LogP contribution in [0.25, 0.3) is 11.2 Å². The molecule has 0 N–H and O–H groups in total. The van der Waals surface area contributed by atoms with E-state index >= 15 is 0 Å². The van der Waals surface area contributed by atoms with E-state index in [1.807, 2.05) is 30.9 Å². The lowest BCUT2D eigenvalue weighted by Crippen LogP contribution is -2.33. The molecule has 1 aliphatic rings. The normalized spacial score (nSPS) is 18.5. The number of rotatable bonds is 3. The first-order chi connectivity index (χ1) is 10.4. The molecule has 0 spiro atoms. The van der Waals surface area contributed by atoms with Gasteiger partial charge in [0.05, 0.1) is 6.33 Å². The summed E-state index contributed by atoms with van der Waals surface area (Å²) in [4.78, 5) is 19.7. The number of hydrogen-bond donors (Lipinski definition) is 0. The van der Waals surface area contributed by atoms with Crippen LogP contribution in [0.15, 0.2) is 43.2 Å². The number of anilines is 1. The quantitative estimate of drug-likeness (QED) is 0.733. The molecule has 6 heteroatoms. The highest BCUT2D eigenvalue weighted by Crippen LogP contribution is 2.25. The Kier molecular flexibility index (Phi) is 2.99. The number of imidazole rings is 1. The van der Waals surface area contributed by atoms with Crippen LogP contribution in [0, 0.1) is 0 Å². The fraction of sp³-hybridized carbons (Fsp3) is 0.333. The van der Waals surface area contributed by atoms with Crippen LogP contribution in [0.5, 0.6) is 0 Å². The highest BCUT2D eigenvalue weighted by atomic mass is 15.3. The van der Waals surface area contributed by atoms with Crippen molar-refractivity contribution < 1.29 is 0 Å². The Balaban J connectivity index is 1.63. The average molecular weight is 280 g/mol. The highest BCUT2D eigenvalue weighted by Gasteiger charge is 2.26. The Morgan fingerprint density at radius 3 is 3.00 bits per heavy atom. The molecule has 6 nitrogen and oxygen atoms in total. The number of hydrogen-bond acceptors (Lipinski definition) is 5. The van der Waals surface area contributed by atoms with Gasteiger partial charge in [-0.1, -0.05) is 0 Å². The van der Waals surface area contributed by atoms with Gasteiger partial charge in [0.1, 0.15) is 11.3 Å². The van der Waals surface area contributed by atoms with Crippen molar-refractivity contribution in [2.24, 2.45) is 0 Å². The van der Waals surface area contributed by atoms with Crippen molar-refractivity contribution in [3.8, 4) is 0 Å². The maximum atomic E-state index is 4.66. The second-order valence-electron chi connectivity index (χ2n) is 5.32. The van der Waals surface area contributed by atoms with Crippen LogP contribution in [-0.4, -0.2) is 37.1 Å². The van der Waals surface area contributed by atoms with Gasteiger partial charge in [-0.2, -0.15) is 0 Å². The second kappa shape index (κ2) is 5.12.